The van der Waals surface area contributed by atoms with Gasteiger partial charge in [0.1, 0.15) is 5.75 Å². The molecule has 1 aliphatic heterocycles. The third-order valence-electron chi connectivity index (χ3n) is 3.80. The molecule has 0 bridgehead atoms. The lowest BCUT2D eigenvalue weighted by atomic mass is 10.1. The highest BCUT2D eigenvalue weighted by Crippen LogP contribution is 2.20. The van der Waals surface area contributed by atoms with E-state index in [1.54, 1.807) is 0 Å². The van der Waals surface area contributed by atoms with Gasteiger partial charge < -0.3 is 20.1 Å². The molecule has 9 heteroatoms. The van der Waals surface area contributed by atoms with Gasteiger partial charge in [-0.3, -0.25) is 4.79 Å². The van der Waals surface area contributed by atoms with Crippen molar-refractivity contribution in [2.24, 2.45) is 0 Å². The van der Waals surface area contributed by atoms with E-state index in [0.29, 0.717) is 0 Å². The van der Waals surface area contributed by atoms with Crippen LogP contribution in [0.4, 0.5) is 13.2 Å². The Morgan fingerprint density at radius 1 is 1.07 bits per heavy atom. The summed E-state index contributed by atoms with van der Waals surface area (Å²) in [5.41, 5.74) is 0. The van der Waals surface area contributed by atoms with E-state index >= 15 is 0 Å². The minimum absolute atomic E-state index is 0.0552. The van der Waals surface area contributed by atoms with Crippen molar-refractivity contribution in [1.29, 1.82) is 0 Å². The van der Waals surface area contributed by atoms with Crippen LogP contribution in [0.15, 0.2) is 42.5 Å². The van der Waals surface area contributed by atoms with Gasteiger partial charge in [0, 0.05) is 26.2 Å². The molecule has 27 heavy (non-hydrogen) atoms. The van der Waals surface area contributed by atoms with E-state index in [-0.39, 0.29) is 12.5 Å². The van der Waals surface area contributed by atoms with Crippen LogP contribution in [0, 0.1) is 0 Å². The zero-order chi connectivity index (χ0) is 19.9. The van der Waals surface area contributed by atoms with Crippen molar-refractivity contribution in [2.75, 3.05) is 32.8 Å². The summed E-state index contributed by atoms with van der Waals surface area (Å²) in [6.45, 7) is 3.36. The molecule has 1 amide bonds. The minimum Gasteiger partial charge on any atom is -0.484 e. The first kappa shape index (κ1) is 20.5. The highest BCUT2D eigenvalue weighted by Gasteiger charge is 2.38. The number of halogens is 3. The van der Waals surface area contributed by atoms with Gasteiger partial charge in [-0.2, -0.15) is 13.2 Å². The molecule has 3 rings (SSSR count). The summed E-state index contributed by atoms with van der Waals surface area (Å²) in [6.07, 6.45) is -5.08. The van der Waals surface area contributed by atoms with Crippen LogP contribution in [0.3, 0.4) is 0 Å². The summed E-state index contributed by atoms with van der Waals surface area (Å²) in [5, 5.41) is 12.7. The first-order chi connectivity index (χ1) is 12.8. The maximum absolute atomic E-state index is 12.0. The van der Waals surface area contributed by atoms with Crippen molar-refractivity contribution in [3.63, 3.8) is 0 Å². The zero-order valence-electron chi connectivity index (χ0n) is 14.3. The molecule has 0 radical (unpaired) electrons. The van der Waals surface area contributed by atoms with Gasteiger partial charge in [-0.25, -0.2) is 4.79 Å². The number of carboxylic acid groups (broad SMARTS) is 1. The number of amides is 1. The average Bonchev–Trinajstić information content (AvgIpc) is 2.66. The van der Waals surface area contributed by atoms with Gasteiger partial charge in [0.2, 0.25) is 0 Å². The van der Waals surface area contributed by atoms with E-state index in [0.717, 1.165) is 37.3 Å². The third kappa shape index (κ3) is 6.45. The van der Waals surface area contributed by atoms with E-state index in [9.17, 15) is 18.0 Å². The highest BCUT2D eigenvalue weighted by molar-refractivity contribution is 5.84. The van der Waals surface area contributed by atoms with Crippen LogP contribution in [0.25, 0.3) is 10.8 Å². The number of carbonyl (C=O) groups is 2. The quantitative estimate of drug-likeness (QED) is 0.849. The fourth-order valence-corrected chi connectivity index (χ4v) is 2.41. The Balaban J connectivity index is 0.000000321. The number of benzene rings is 2. The van der Waals surface area contributed by atoms with Crippen molar-refractivity contribution in [3.05, 3.63) is 42.5 Å². The summed E-state index contributed by atoms with van der Waals surface area (Å²) in [7, 11) is 0. The largest absolute Gasteiger partial charge is 0.490 e. The lowest BCUT2D eigenvalue weighted by molar-refractivity contribution is -0.192. The van der Waals surface area contributed by atoms with E-state index in [4.69, 9.17) is 14.6 Å². The second kappa shape index (κ2) is 9.22. The lowest BCUT2D eigenvalue weighted by Crippen LogP contribution is -2.47. The monoisotopic (exact) mass is 384 g/mol. The van der Waals surface area contributed by atoms with Gasteiger partial charge >= 0.3 is 12.1 Å². The number of nitrogens with one attached hydrogen (secondary N) is 1. The summed E-state index contributed by atoms with van der Waals surface area (Å²) < 4.78 is 37.4. The molecular formula is C18H19F3N2O4. The second-order valence-corrected chi connectivity index (χ2v) is 5.73. The predicted molar refractivity (Wildman–Crippen MR) is 92.6 cm³/mol. The minimum atomic E-state index is -5.08. The molecule has 0 aromatic heterocycles. The number of aliphatic carboxylic acids is 1. The number of hydrogen-bond donors (Lipinski definition) is 2. The SMILES string of the molecule is O=C(COc1ccc2ccccc2c1)N1CCNCC1.O=C(O)C(F)(F)F. The molecule has 1 fully saturated rings. The Labute approximate surface area is 153 Å². The highest BCUT2D eigenvalue weighted by atomic mass is 19.4. The van der Waals surface area contributed by atoms with Crippen LogP contribution in [-0.4, -0.2) is 60.8 Å². The molecule has 1 heterocycles. The number of alkyl halides is 3. The van der Waals surface area contributed by atoms with Crippen molar-refractivity contribution < 1.29 is 32.6 Å². The van der Waals surface area contributed by atoms with Gasteiger partial charge in [-0.1, -0.05) is 30.3 Å². The molecule has 1 aliphatic rings. The Hall–Kier alpha value is -2.81. The van der Waals surface area contributed by atoms with Crippen molar-refractivity contribution in [2.45, 2.75) is 6.18 Å². The topological polar surface area (TPSA) is 78.9 Å². The fourth-order valence-electron chi connectivity index (χ4n) is 2.41. The molecule has 2 aromatic carbocycles. The lowest BCUT2D eigenvalue weighted by Gasteiger charge is -2.27. The van der Waals surface area contributed by atoms with Gasteiger partial charge in [0.25, 0.3) is 5.91 Å². The molecule has 2 N–H and O–H groups in total. The molecule has 0 spiro atoms. The van der Waals surface area contributed by atoms with Gasteiger partial charge in [-0.15, -0.1) is 0 Å². The van der Waals surface area contributed by atoms with Crippen LogP contribution in [-0.2, 0) is 9.59 Å². The molecule has 146 valence electrons. The molecular weight excluding hydrogens is 365 g/mol. The van der Waals surface area contributed by atoms with Crippen LogP contribution >= 0.6 is 0 Å². The first-order valence-electron chi connectivity index (χ1n) is 8.17. The molecule has 0 saturated carbocycles. The first-order valence-corrected chi connectivity index (χ1v) is 8.17. The fraction of sp³-hybridized carbons (Fsp3) is 0.333. The number of ether oxygens (including phenoxy) is 1. The number of carboxylic acids is 1. The Morgan fingerprint density at radius 3 is 2.26 bits per heavy atom. The average molecular weight is 384 g/mol. The Kier molecular flexibility index (Phi) is 7.00. The van der Waals surface area contributed by atoms with Crippen molar-refractivity contribution in [1.82, 2.24) is 10.2 Å². The maximum Gasteiger partial charge on any atom is 0.490 e. The number of carbonyl (C=O) groups excluding carboxylic acids is 1. The molecule has 0 aliphatic carbocycles. The van der Waals surface area contributed by atoms with E-state index in [2.05, 4.69) is 11.4 Å². The van der Waals surface area contributed by atoms with Gasteiger partial charge in [0.05, 0.1) is 0 Å². The van der Waals surface area contributed by atoms with E-state index in [1.807, 2.05) is 41.3 Å². The summed E-state index contributed by atoms with van der Waals surface area (Å²) in [4.78, 5) is 22.7. The van der Waals surface area contributed by atoms with Crippen LogP contribution < -0.4 is 10.1 Å². The molecule has 0 atom stereocenters. The standard InChI is InChI=1S/C16H18N2O2.C2HF3O2/c19-16(18-9-7-17-8-10-18)12-20-15-6-5-13-3-1-2-4-14(13)11-15;3-2(4,5)1(6)7/h1-6,11,17H,7-10,12H2;(H,6,7). The molecule has 0 unspecified atom stereocenters. The smallest absolute Gasteiger partial charge is 0.484 e. The summed E-state index contributed by atoms with van der Waals surface area (Å²) in [5.74, 6) is -1.96. The molecule has 1 saturated heterocycles. The number of nitrogens with zero attached hydrogens (tertiary/aromatic N) is 1. The normalized spacial score (nSPS) is 14.3. The van der Waals surface area contributed by atoms with Crippen LogP contribution in [0.5, 0.6) is 5.75 Å². The second-order valence-electron chi connectivity index (χ2n) is 5.73. The van der Waals surface area contributed by atoms with Crippen LogP contribution in [0.2, 0.25) is 0 Å². The summed E-state index contributed by atoms with van der Waals surface area (Å²) >= 11 is 0. The van der Waals surface area contributed by atoms with Crippen molar-refractivity contribution in [3.8, 4) is 5.75 Å². The van der Waals surface area contributed by atoms with Crippen LogP contribution in [0.1, 0.15) is 0 Å². The van der Waals surface area contributed by atoms with Gasteiger partial charge in [-0.05, 0) is 22.9 Å². The van der Waals surface area contributed by atoms with Crippen molar-refractivity contribution >= 4 is 22.6 Å². The Morgan fingerprint density at radius 2 is 1.67 bits per heavy atom. The molecule has 2 aromatic rings. The summed E-state index contributed by atoms with van der Waals surface area (Å²) in [6, 6.07) is 14.0. The van der Waals surface area contributed by atoms with Gasteiger partial charge in [0.15, 0.2) is 6.61 Å². The molecule has 6 nitrogen and oxygen atoms in total. The number of fused-ring (bicyclic) bond motifs is 1. The number of piperazine rings is 1. The van der Waals surface area contributed by atoms with E-state index in [1.165, 1.54) is 5.39 Å². The predicted octanol–water partition coefficient (Wildman–Crippen LogP) is 2.28. The van der Waals surface area contributed by atoms with E-state index < -0.39 is 12.1 Å². The maximum atomic E-state index is 12.0. The number of rotatable bonds is 3. The Bertz CT molecular complexity index is 790. The number of hydrogen-bond acceptors (Lipinski definition) is 4. The zero-order valence-corrected chi connectivity index (χ0v) is 14.3. The third-order valence-corrected chi connectivity index (χ3v) is 3.80.